The second-order valence-corrected chi connectivity index (χ2v) is 8.03. The number of aryl methyl sites for hydroxylation is 1. The van der Waals surface area contributed by atoms with Crippen molar-refractivity contribution in [3.05, 3.63) is 34.9 Å². The summed E-state index contributed by atoms with van der Waals surface area (Å²) in [5.41, 5.74) is 2.70. The summed E-state index contributed by atoms with van der Waals surface area (Å²) in [6, 6.07) is 3.98. The molecule has 0 aromatic heterocycles. The van der Waals surface area contributed by atoms with Gasteiger partial charge in [-0.2, -0.15) is 0 Å². The normalized spacial score (nSPS) is 27.7. The summed E-state index contributed by atoms with van der Waals surface area (Å²) < 4.78 is 6.27. The molecule has 0 spiro atoms. The second-order valence-electron chi connectivity index (χ2n) is 8.03. The molecule has 24 heavy (non-hydrogen) atoms. The number of hydrogen-bond donors (Lipinski definition) is 2. The average Bonchev–Trinajstić information content (AvgIpc) is 2.44. The maximum absolute atomic E-state index is 10.7. The first-order valence-corrected chi connectivity index (χ1v) is 9.23. The van der Waals surface area contributed by atoms with E-state index in [1.807, 2.05) is 19.9 Å². The van der Waals surface area contributed by atoms with Gasteiger partial charge in [-0.25, -0.2) is 0 Å². The van der Waals surface area contributed by atoms with E-state index in [0.29, 0.717) is 12.2 Å². The summed E-state index contributed by atoms with van der Waals surface area (Å²) in [5.74, 6) is 1.07. The van der Waals surface area contributed by atoms with Crippen molar-refractivity contribution in [1.29, 1.82) is 0 Å². The molecule has 2 aliphatic rings. The topological polar surface area (TPSA) is 49.7 Å². The maximum Gasteiger partial charge on any atom is 0.127 e. The van der Waals surface area contributed by atoms with Crippen molar-refractivity contribution in [2.45, 2.75) is 77.4 Å². The van der Waals surface area contributed by atoms with Crippen LogP contribution in [0.25, 0.3) is 0 Å². The Morgan fingerprint density at radius 3 is 2.71 bits per heavy atom. The van der Waals surface area contributed by atoms with Crippen molar-refractivity contribution in [3.8, 4) is 11.5 Å². The van der Waals surface area contributed by atoms with Crippen LogP contribution in [0.2, 0.25) is 0 Å². The van der Waals surface area contributed by atoms with Crippen LogP contribution in [0.1, 0.15) is 70.4 Å². The molecule has 1 aromatic carbocycles. The number of aliphatic hydroxyl groups is 1. The molecule has 0 fully saturated rings. The minimum absolute atomic E-state index is 0.0113. The Kier molecular flexibility index (Phi) is 4.65. The molecular weight excluding hydrogens is 300 g/mol. The van der Waals surface area contributed by atoms with Gasteiger partial charge in [-0.1, -0.05) is 31.4 Å². The van der Waals surface area contributed by atoms with Crippen molar-refractivity contribution >= 4 is 0 Å². The van der Waals surface area contributed by atoms with E-state index < -0.39 is 11.7 Å². The highest BCUT2D eigenvalue weighted by Gasteiger charge is 2.49. The maximum atomic E-state index is 10.7. The highest BCUT2D eigenvalue weighted by atomic mass is 16.5. The molecule has 3 rings (SSSR count). The Labute approximate surface area is 145 Å². The lowest BCUT2D eigenvalue weighted by Crippen LogP contribution is -2.51. The number of benzene rings is 1. The minimum atomic E-state index is -0.456. The molecule has 132 valence electrons. The zero-order chi connectivity index (χ0) is 17.5. The Morgan fingerprint density at radius 2 is 2.00 bits per heavy atom. The first-order chi connectivity index (χ1) is 11.3. The van der Waals surface area contributed by atoms with Crippen LogP contribution >= 0.6 is 0 Å². The molecule has 0 bridgehead atoms. The number of ether oxygens (including phenoxy) is 1. The molecule has 0 saturated heterocycles. The van der Waals surface area contributed by atoms with Crippen molar-refractivity contribution in [1.82, 2.24) is 0 Å². The zero-order valence-electron chi connectivity index (χ0n) is 15.3. The third kappa shape index (κ3) is 3.06. The van der Waals surface area contributed by atoms with E-state index in [1.165, 1.54) is 18.4 Å². The average molecular weight is 330 g/mol. The molecule has 1 aliphatic heterocycles. The van der Waals surface area contributed by atoms with Crippen molar-refractivity contribution in [3.63, 3.8) is 0 Å². The van der Waals surface area contributed by atoms with E-state index in [-0.39, 0.29) is 11.8 Å². The van der Waals surface area contributed by atoms with E-state index in [1.54, 1.807) is 0 Å². The number of unbranched alkanes of at least 4 members (excludes halogenated alkanes) is 2. The molecule has 1 aliphatic carbocycles. The molecule has 1 aromatic rings. The number of allylic oxidation sites excluding steroid dienone is 1. The van der Waals surface area contributed by atoms with Gasteiger partial charge in [-0.05, 0) is 57.7 Å². The van der Waals surface area contributed by atoms with Crippen LogP contribution in [0.5, 0.6) is 11.5 Å². The van der Waals surface area contributed by atoms with Gasteiger partial charge in [-0.15, -0.1) is 0 Å². The Morgan fingerprint density at radius 1 is 1.25 bits per heavy atom. The van der Waals surface area contributed by atoms with Crippen molar-refractivity contribution in [2.75, 3.05) is 0 Å². The van der Waals surface area contributed by atoms with Gasteiger partial charge >= 0.3 is 0 Å². The lowest BCUT2D eigenvalue weighted by atomic mass is 9.66. The van der Waals surface area contributed by atoms with E-state index in [0.717, 1.165) is 29.7 Å². The summed E-state index contributed by atoms with van der Waals surface area (Å²) in [6.07, 6.45) is 6.92. The van der Waals surface area contributed by atoms with E-state index in [2.05, 4.69) is 26.0 Å². The molecule has 3 nitrogen and oxygen atoms in total. The van der Waals surface area contributed by atoms with Crippen LogP contribution in [-0.2, 0) is 6.42 Å². The van der Waals surface area contributed by atoms with E-state index in [9.17, 15) is 10.2 Å². The van der Waals surface area contributed by atoms with Crippen LogP contribution < -0.4 is 4.74 Å². The third-order valence-corrected chi connectivity index (χ3v) is 5.55. The predicted molar refractivity (Wildman–Crippen MR) is 96.7 cm³/mol. The lowest BCUT2D eigenvalue weighted by molar-refractivity contribution is -0.0534. The lowest BCUT2D eigenvalue weighted by Gasteiger charge is -2.48. The molecule has 0 amide bonds. The van der Waals surface area contributed by atoms with Gasteiger partial charge in [0.2, 0.25) is 0 Å². The predicted octanol–water partition coefficient (Wildman–Crippen LogP) is 4.71. The van der Waals surface area contributed by atoms with E-state index in [4.69, 9.17) is 4.74 Å². The zero-order valence-corrected chi connectivity index (χ0v) is 15.3. The van der Waals surface area contributed by atoms with Crippen LogP contribution in [0, 0.1) is 5.92 Å². The summed E-state index contributed by atoms with van der Waals surface area (Å²) in [6.45, 7) is 8.34. The van der Waals surface area contributed by atoms with Crippen molar-refractivity contribution in [2.24, 2.45) is 5.92 Å². The number of phenols is 1. The molecule has 2 N–H and O–H groups in total. The smallest absolute Gasteiger partial charge is 0.127 e. The molecule has 0 saturated carbocycles. The van der Waals surface area contributed by atoms with Crippen molar-refractivity contribution < 1.29 is 14.9 Å². The number of fused-ring (bicyclic) bond motifs is 3. The quantitative estimate of drug-likeness (QED) is 0.621. The van der Waals surface area contributed by atoms with Gasteiger partial charge in [0.05, 0.1) is 6.10 Å². The van der Waals surface area contributed by atoms with Gasteiger partial charge in [0.1, 0.15) is 17.1 Å². The van der Waals surface area contributed by atoms with Crippen LogP contribution in [0.4, 0.5) is 0 Å². The summed E-state index contributed by atoms with van der Waals surface area (Å²) in [4.78, 5) is 0. The van der Waals surface area contributed by atoms with Crippen LogP contribution in [-0.4, -0.2) is 21.9 Å². The molecule has 2 unspecified atom stereocenters. The van der Waals surface area contributed by atoms with Gasteiger partial charge in [0.15, 0.2) is 0 Å². The Bertz CT molecular complexity index is 645. The number of aliphatic hydroxyl groups excluding tert-OH is 1. The molecule has 3 heteroatoms. The first kappa shape index (κ1) is 17.3. The SMILES string of the molecule is CCCCCc1cc(O)c2c(c1)OC(C)(C)C1C2C=C(C)C[C@H]1O. The standard InChI is InChI=1S/C21H30O3/c1-5-6-7-8-14-11-16(22)19-15-9-13(2)10-17(23)20(15)21(3,4)24-18(19)12-14/h9,11-12,15,17,20,22-23H,5-8,10H2,1-4H3/t15?,17-,20?/m1/s1. The van der Waals surface area contributed by atoms with Gasteiger partial charge in [0, 0.05) is 17.4 Å². The molecule has 0 radical (unpaired) electrons. The van der Waals surface area contributed by atoms with E-state index >= 15 is 0 Å². The Balaban J connectivity index is 2.02. The highest BCUT2D eigenvalue weighted by molar-refractivity contribution is 5.54. The summed E-state index contributed by atoms with van der Waals surface area (Å²) in [7, 11) is 0. The number of phenolic OH excluding ortho intramolecular Hbond substituents is 1. The summed E-state index contributed by atoms with van der Waals surface area (Å²) in [5, 5.41) is 21.3. The third-order valence-electron chi connectivity index (χ3n) is 5.55. The first-order valence-electron chi connectivity index (χ1n) is 9.23. The second kappa shape index (κ2) is 6.44. The fourth-order valence-electron chi connectivity index (χ4n) is 4.49. The monoisotopic (exact) mass is 330 g/mol. The van der Waals surface area contributed by atoms with Gasteiger partial charge in [-0.3, -0.25) is 0 Å². The summed E-state index contributed by atoms with van der Waals surface area (Å²) >= 11 is 0. The number of hydrogen-bond acceptors (Lipinski definition) is 3. The minimum Gasteiger partial charge on any atom is -0.507 e. The number of rotatable bonds is 4. The fraction of sp³-hybridized carbons (Fsp3) is 0.619. The molecule has 1 heterocycles. The Hall–Kier alpha value is -1.48. The van der Waals surface area contributed by atoms with Gasteiger partial charge < -0.3 is 14.9 Å². The fourth-order valence-corrected chi connectivity index (χ4v) is 4.49. The van der Waals surface area contributed by atoms with Gasteiger partial charge in [0.25, 0.3) is 0 Å². The van der Waals surface area contributed by atoms with Crippen LogP contribution in [0.15, 0.2) is 23.8 Å². The van der Waals surface area contributed by atoms with Crippen LogP contribution in [0.3, 0.4) is 0 Å². The molecular formula is C21H30O3. The molecule has 3 atom stereocenters. The number of aromatic hydroxyl groups is 1. The largest absolute Gasteiger partial charge is 0.507 e. The highest BCUT2D eigenvalue weighted by Crippen LogP contribution is 2.53.